The number of halogens is 2. The normalized spacial score (nSPS) is 14.5. The molecule has 1 N–H and O–H groups in total. The molecule has 0 unspecified atom stereocenters. The summed E-state index contributed by atoms with van der Waals surface area (Å²) in [5, 5.41) is 11.7. The zero-order valence-electron chi connectivity index (χ0n) is 14.2. The van der Waals surface area contributed by atoms with Crippen molar-refractivity contribution in [2.24, 2.45) is 0 Å². The van der Waals surface area contributed by atoms with E-state index in [-0.39, 0.29) is 17.2 Å². The smallest absolute Gasteiger partial charge is 0.209 e. The molecule has 24 heavy (non-hydrogen) atoms. The van der Waals surface area contributed by atoms with Gasteiger partial charge >= 0.3 is 0 Å². The van der Waals surface area contributed by atoms with E-state index in [0.717, 1.165) is 0 Å². The fraction of sp³-hybridized carbons (Fsp3) is 0.188. The van der Waals surface area contributed by atoms with Crippen LogP contribution in [0.2, 0.25) is 0 Å². The standard InChI is InChI=1S/C16H11BrFN5O/c17-12-7-21-16(23-8-9(5-19)22-15(12)23)20-6-11-10-3-4-24-14(10)2-1-13(11)18/h1-2,7-8H,3-4,6H2,(H,20,21)/i6D2. The van der Waals surface area contributed by atoms with Gasteiger partial charge in [0.05, 0.1) is 20.0 Å². The van der Waals surface area contributed by atoms with Crippen LogP contribution in [0.3, 0.4) is 0 Å². The lowest BCUT2D eigenvalue weighted by atomic mass is 10.0. The minimum Gasteiger partial charge on any atom is -0.493 e. The Balaban J connectivity index is 1.82. The van der Waals surface area contributed by atoms with Gasteiger partial charge in [-0.15, -0.1) is 0 Å². The Labute approximate surface area is 147 Å². The van der Waals surface area contributed by atoms with Gasteiger partial charge in [-0.05, 0) is 28.1 Å². The molecule has 2 aromatic heterocycles. The average molecular weight is 390 g/mol. The topological polar surface area (TPSA) is 75.2 Å². The summed E-state index contributed by atoms with van der Waals surface area (Å²) in [5.41, 5.74) is 0.949. The lowest BCUT2D eigenvalue weighted by Crippen LogP contribution is -2.09. The third-order valence-electron chi connectivity index (χ3n) is 3.69. The number of nitriles is 1. The van der Waals surface area contributed by atoms with Gasteiger partial charge in [-0.2, -0.15) is 5.26 Å². The van der Waals surface area contributed by atoms with Crippen LogP contribution in [0.25, 0.3) is 5.65 Å². The molecule has 3 aromatic rings. The Kier molecular flexibility index (Phi) is 3.05. The molecule has 0 spiro atoms. The summed E-state index contributed by atoms with van der Waals surface area (Å²) in [4.78, 5) is 8.28. The van der Waals surface area contributed by atoms with Gasteiger partial charge in [0.25, 0.3) is 0 Å². The van der Waals surface area contributed by atoms with Crippen LogP contribution < -0.4 is 10.1 Å². The molecule has 4 rings (SSSR count). The third-order valence-corrected chi connectivity index (χ3v) is 4.25. The van der Waals surface area contributed by atoms with E-state index >= 15 is 0 Å². The van der Waals surface area contributed by atoms with Crippen LogP contribution in [0.4, 0.5) is 10.3 Å². The predicted molar refractivity (Wildman–Crippen MR) is 88.3 cm³/mol. The van der Waals surface area contributed by atoms with Gasteiger partial charge < -0.3 is 10.1 Å². The molecule has 1 aliphatic heterocycles. The van der Waals surface area contributed by atoms with E-state index in [4.69, 9.17) is 12.7 Å². The lowest BCUT2D eigenvalue weighted by Gasteiger charge is -2.12. The van der Waals surface area contributed by atoms with Crippen LogP contribution in [-0.2, 0) is 12.9 Å². The van der Waals surface area contributed by atoms with Crippen molar-refractivity contribution in [2.45, 2.75) is 12.9 Å². The van der Waals surface area contributed by atoms with Gasteiger partial charge in [0.1, 0.15) is 17.6 Å². The molecular weight excluding hydrogens is 377 g/mol. The van der Waals surface area contributed by atoms with E-state index in [1.165, 1.54) is 28.9 Å². The highest BCUT2D eigenvalue weighted by atomic mass is 79.9. The number of imidazole rings is 1. The second kappa shape index (κ2) is 5.76. The van der Waals surface area contributed by atoms with Crippen LogP contribution in [-0.4, -0.2) is 21.0 Å². The number of nitrogens with zero attached hydrogens (tertiary/aromatic N) is 4. The molecular formula is C16H11BrFN5O. The SMILES string of the molecule is [2H]C([2H])(Nc1ncc(Br)c2nc(C#N)cn12)c1c(F)ccc2c1CCO2. The predicted octanol–water partition coefficient (Wildman–Crippen LogP) is 3.05. The molecule has 8 heteroatoms. The number of rotatable bonds is 3. The zero-order valence-corrected chi connectivity index (χ0v) is 13.8. The van der Waals surface area contributed by atoms with Crippen molar-refractivity contribution in [3.8, 4) is 11.8 Å². The summed E-state index contributed by atoms with van der Waals surface area (Å²) >= 11 is 3.30. The minimum absolute atomic E-state index is 0.0955. The third kappa shape index (κ3) is 2.37. The Hall–Kier alpha value is -2.66. The number of hydrogen-bond donors (Lipinski definition) is 1. The number of benzene rings is 1. The fourth-order valence-electron chi connectivity index (χ4n) is 2.59. The highest BCUT2D eigenvalue weighted by Crippen LogP contribution is 2.30. The lowest BCUT2D eigenvalue weighted by molar-refractivity contribution is 0.356. The molecule has 120 valence electrons. The maximum absolute atomic E-state index is 14.5. The Bertz CT molecular complexity index is 1080. The summed E-state index contributed by atoms with van der Waals surface area (Å²) in [5.74, 6) is -0.0862. The Morgan fingerprint density at radius 1 is 1.54 bits per heavy atom. The van der Waals surface area contributed by atoms with Gasteiger partial charge in [0, 0.05) is 30.2 Å². The van der Waals surface area contributed by atoms with Gasteiger partial charge in [-0.25, -0.2) is 14.4 Å². The van der Waals surface area contributed by atoms with E-state index in [2.05, 4.69) is 31.2 Å². The highest BCUT2D eigenvalue weighted by molar-refractivity contribution is 9.10. The van der Waals surface area contributed by atoms with E-state index in [1.807, 2.05) is 6.07 Å². The number of hydrogen-bond acceptors (Lipinski definition) is 5. The average Bonchev–Trinajstić information content (AvgIpc) is 3.23. The molecule has 6 nitrogen and oxygen atoms in total. The van der Waals surface area contributed by atoms with E-state index in [0.29, 0.717) is 34.5 Å². The monoisotopic (exact) mass is 389 g/mol. The highest BCUT2D eigenvalue weighted by Gasteiger charge is 2.20. The molecule has 1 aliphatic rings. The number of aromatic nitrogens is 3. The molecule has 0 bridgehead atoms. The number of nitrogens with one attached hydrogen (secondary N) is 1. The Morgan fingerprint density at radius 2 is 2.42 bits per heavy atom. The van der Waals surface area contributed by atoms with Crippen molar-refractivity contribution < 1.29 is 11.9 Å². The first-order valence-electron chi connectivity index (χ1n) is 8.07. The molecule has 0 saturated heterocycles. The minimum atomic E-state index is -2.26. The molecule has 3 heterocycles. The van der Waals surface area contributed by atoms with Crippen molar-refractivity contribution in [3.05, 3.63) is 51.6 Å². The summed E-state index contributed by atoms with van der Waals surface area (Å²) in [7, 11) is 0. The summed E-state index contributed by atoms with van der Waals surface area (Å²) < 4.78 is 38.7. The van der Waals surface area contributed by atoms with Crippen LogP contribution in [0.15, 0.2) is 29.0 Å². The van der Waals surface area contributed by atoms with Crippen LogP contribution in [0.1, 0.15) is 19.6 Å². The quantitative estimate of drug-likeness (QED) is 0.744. The summed E-state index contributed by atoms with van der Waals surface area (Å²) in [6.45, 7) is -1.87. The first-order chi connectivity index (χ1) is 12.4. The van der Waals surface area contributed by atoms with E-state index in [1.54, 1.807) is 0 Å². The number of anilines is 1. The molecule has 0 saturated carbocycles. The molecule has 0 aliphatic carbocycles. The summed E-state index contributed by atoms with van der Waals surface area (Å²) in [6.07, 6.45) is 3.30. The Morgan fingerprint density at radius 3 is 3.25 bits per heavy atom. The molecule has 0 radical (unpaired) electrons. The number of ether oxygens (including phenoxy) is 1. The van der Waals surface area contributed by atoms with E-state index < -0.39 is 12.3 Å². The van der Waals surface area contributed by atoms with Crippen LogP contribution in [0.5, 0.6) is 5.75 Å². The van der Waals surface area contributed by atoms with E-state index in [9.17, 15) is 4.39 Å². The van der Waals surface area contributed by atoms with Gasteiger partial charge in [-0.1, -0.05) is 0 Å². The number of fused-ring (bicyclic) bond motifs is 2. The van der Waals surface area contributed by atoms with Crippen LogP contribution >= 0.6 is 15.9 Å². The second-order valence-electron chi connectivity index (χ2n) is 5.11. The van der Waals surface area contributed by atoms with Crippen molar-refractivity contribution in [1.29, 1.82) is 5.26 Å². The summed E-state index contributed by atoms with van der Waals surface area (Å²) in [6, 6.07) is 4.62. The molecule has 1 aromatic carbocycles. The first-order valence-corrected chi connectivity index (χ1v) is 7.86. The maximum Gasteiger partial charge on any atom is 0.209 e. The van der Waals surface area contributed by atoms with Crippen molar-refractivity contribution in [3.63, 3.8) is 0 Å². The van der Waals surface area contributed by atoms with Crippen LogP contribution in [0, 0.1) is 17.1 Å². The second-order valence-corrected chi connectivity index (χ2v) is 5.96. The fourth-order valence-corrected chi connectivity index (χ4v) is 2.98. The van der Waals surface area contributed by atoms with Crippen molar-refractivity contribution in [1.82, 2.24) is 14.4 Å². The van der Waals surface area contributed by atoms with Crippen molar-refractivity contribution in [2.75, 3.05) is 11.9 Å². The largest absolute Gasteiger partial charge is 0.493 e. The molecule has 0 fully saturated rings. The zero-order chi connectivity index (χ0) is 18.5. The molecule has 0 atom stereocenters. The van der Waals surface area contributed by atoms with Gasteiger partial charge in [-0.3, -0.25) is 4.40 Å². The van der Waals surface area contributed by atoms with Gasteiger partial charge in [0.2, 0.25) is 5.95 Å². The van der Waals surface area contributed by atoms with Crippen molar-refractivity contribution >= 4 is 27.5 Å². The first kappa shape index (κ1) is 12.7. The maximum atomic E-state index is 14.5. The van der Waals surface area contributed by atoms with Gasteiger partial charge in [0.15, 0.2) is 11.3 Å². The molecule has 0 amide bonds.